The number of pyridine rings is 1. The van der Waals surface area contributed by atoms with E-state index in [4.69, 9.17) is 9.47 Å². The molecule has 3 aromatic carbocycles. The molecule has 0 spiro atoms. The minimum Gasteiger partial charge on any atom is -0.379 e. The van der Waals surface area contributed by atoms with Gasteiger partial charge in [-0.3, -0.25) is 38.4 Å². The average molecular weight is 987 g/mol. The molecule has 1 atom stereocenters. The number of rotatable bonds is 12. The van der Waals surface area contributed by atoms with E-state index in [1.165, 1.54) is 21.9 Å². The van der Waals surface area contributed by atoms with Crippen molar-refractivity contribution in [3.8, 4) is 5.69 Å². The summed E-state index contributed by atoms with van der Waals surface area (Å²) in [6, 6.07) is 20.9. The molecule has 0 unspecified atom stereocenters. The van der Waals surface area contributed by atoms with Gasteiger partial charge in [0, 0.05) is 107 Å². The number of aromatic nitrogens is 5. The van der Waals surface area contributed by atoms with Gasteiger partial charge in [0.2, 0.25) is 11.8 Å². The van der Waals surface area contributed by atoms with Gasteiger partial charge in [0.25, 0.3) is 11.8 Å². The summed E-state index contributed by atoms with van der Waals surface area (Å²) in [7, 11) is 1.86. The zero-order chi connectivity index (χ0) is 49.9. The number of piperazine rings is 1. The summed E-state index contributed by atoms with van der Waals surface area (Å²) in [6.07, 6.45) is 2.07. The summed E-state index contributed by atoms with van der Waals surface area (Å²) >= 11 is 0. The van der Waals surface area contributed by atoms with Crippen LogP contribution in [0.5, 0.6) is 0 Å². The van der Waals surface area contributed by atoms with Crippen LogP contribution in [-0.4, -0.2) is 127 Å². The van der Waals surface area contributed by atoms with Crippen LogP contribution in [0.25, 0.3) is 11.2 Å². The summed E-state index contributed by atoms with van der Waals surface area (Å²) in [5.74, 6) is -0.266. The molecule has 374 valence electrons. The molecule has 11 rings (SSSR count). The molecule has 3 aromatic heterocycles. The first-order valence-corrected chi connectivity index (χ1v) is 24.3. The molecular formula is C52H53F3N10O7. The van der Waals surface area contributed by atoms with Crippen molar-refractivity contribution in [3.63, 3.8) is 0 Å². The second kappa shape index (κ2) is 18.8. The number of piperidine rings is 2. The van der Waals surface area contributed by atoms with Crippen LogP contribution in [0, 0.1) is 0 Å². The van der Waals surface area contributed by atoms with Gasteiger partial charge in [-0.15, -0.1) is 10.2 Å². The third-order valence-corrected chi connectivity index (χ3v) is 15.0. The quantitative estimate of drug-likeness (QED) is 0.170. The fourth-order valence-corrected chi connectivity index (χ4v) is 10.8. The Kier molecular flexibility index (Phi) is 12.3. The molecule has 6 aromatic rings. The molecule has 72 heavy (non-hydrogen) atoms. The zero-order valence-corrected chi connectivity index (χ0v) is 39.6. The minimum atomic E-state index is -4.70. The minimum absolute atomic E-state index is 0.0547. The van der Waals surface area contributed by atoms with Gasteiger partial charge in [0.05, 0.1) is 42.7 Å². The molecular weight excluding hydrogens is 934 g/mol. The average Bonchev–Trinajstić information content (AvgIpc) is 4.04. The molecule has 20 heteroatoms. The van der Waals surface area contributed by atoms with Gasteiger partial charge in [-0.2, -0.15) is 13.2 Å². The Hall–Kier alpha value is -7.16. The third-order valence-electron chi connectivity index (χ3n) is 15.0. The van der Waals surface area contributed by atoms with Gasteiger partial charge in [-0.25, -0.2) is 4.79 Å². The van der Waals surface area contributed by atoms with Gasteiger partial charge in [-0.05, 0) is 90.0 Å². The lowest BCUT2D eigenvalue weighted by atomic mass is 9.75. The number of carbonyl (C=O) groups is 4. The van der Waals surface area contributed by atoms with E-state index >= 15 is 0 Å². The molecule has 4 amide bonds. The normalized spacial score (nSPS) is 19.8. The maximum atomic E-state index is 14.7. The highest BCUT2D eigenvalue weighted by Crippen LogP contribution is 2.38. The van der Waals surface area contributed by atoms with Crippen LogP contribution in [0.2, 0.25) is 0 Å². The zero-order valence-electron chi connectivity index (χ0n) is 39.6. The molecule has 0 bridgehead atoms. The number of imidazole rings is 1. The monoisotopic (exact) mass is 986 g/mol. The van der Waals surface area contributed by atoms with Crippen LogP contribution in [-0.2, 0) is 63.8 Å². The van der Waals surface area contributed by atoms with E-state index in [0.29, 0.717) is 114 Å². The van der Waals surface area contributed by atoms with Crippen molar-refractivity contribution in [1.29, 1.82) is 0 Å². The standard InChI is InChI=1S/C52H53F3N10O7/c1-59-32-56-58-45(59)24-51(30-71-31-51)37-3-2-4-39(23-37)63-28-44-42(52(53,54)55)21-34(26-65(44)50(63)70)25-60-15-13-40(14-16-60)72-29-33-5-7-35(8-6-33)48(68)62-19-17-61(18-20-62)38-9-10-41-36(22-38)27-64(49(41)69)43-11-12-46(66)57-47(43)67/h2-10,21-23,26,28,32,40,43H,11-20,24-25,27,29-31H2,1H3,(H,57,66,67)/t43-/m1/s1. The Morgan fingerprint density at radius 2 is 1.65 bits per heavy atom. The number of aryl methyl sites for hydroxylation is 1. The van der Waals surface area contributed by atoms with Crippen LogP contribution in [0.3, 0.4) is 0 Å². The predicted octanol–water partition coefficient (Wildman–Crippen LogP) is 4.65. The first kappa shape index (κ1) is 47.2. The van der Waals surface area contributed by atoms with Crippen molar-refractivity contribution >= 4 is 34.8 Å². The Labute approximate surface area is 411 Å². The van der Waals surface area contributed by atoms with Gasteiger partial charge in [0.15, 0.2) is 0 Å². The molecule has 0 saturated carbocycles. The number of fused-ring (bicyclic) bond motifs is 2. The van der Waals surface area contributed by atoms with Crippen molar-refractivity contribution in [3.05, 3.63) is 147 Å². The van der Waals surface area contributed by atoms with E-state index in [1.807, 2.05) is 65.0 Å². The predicted molar refractivity (Wildman–Crippen MR) is 255 cm³/mol. The van der Waals surface area contributed by atoms with E-state index in [1.54, 1.807) is 24.5 Å². The van der Waals surface area contributed by atoms with Crippen molar-refractivity contribution in [2.75, 3.05) is 57.4 Å². The van der Waals surface area contributed by atoms with Crippen LogP contribution in [0.15, 0.2) is 96.3 Å². The van der Waals surface area contributed by atoms with E-state index in [9.17, 15) is 37.1 Å². The first-order chi connectivity index (χ1) is 34.7. The lowest BCUT2D eigenvalue weighted by Crippen LogP contribution is -2.52. The fourth-order valence-electron chi connectivity index (χ4n) is 10.8. The molecule has 17 nitrogen and oxygen atoms in total. The number of carbonyl (C=O) groups excluding carboxylic acids is 4. The fraction of sp³-hybridized carbons (Fsp3) is 0.404. The Balaban J connectivity index is 0.669. The lowest BCUT2D eigenvalue weighted by molar-refractivity contribution is -0.137. The highest BCUT2D eigenvalue weighted by Gasteiger charge is 2.43. The first-order valence-electron chi connectivity index (χ1n) is 24.3. The number of likely N-dealkylation sites (tertiary alicyclic amines) is 1. The summed E-state index contributed by atoms with van der Waals surface area (Å²) in [5, 5.41) is 10.6. The maximum Gasteiger partial charge on any atom is 0.418 e. The maximum absolute atomic E-state index is 14.7. The van der Waals surface area contributed by atoms with Crippen LogP contribution >= 0.6 is 0 Å². The summed E-state index contributed by atoms with van der Waals surface area (Å²) < 4.78 is 60.2. The van der Waals surface area contributed by atoms with Crippen LogP contribution in [0.1, 0.15) is 80.0 Å². The molecule has 0 radical (unpaired) electrons. The van der Waals surface area contributed by atoms with E-state index in [0.717, 1.165) is 38.7 Å². The van der Waals surface area contributed by atoms with Gasteiger partial charge >= 0.3 is 11.9 Å². The van der Waals surface area contributed by atoms with Crippen LogP contribution < -0.4 is 15.9 Å². The second-order valence-electron chi connectivity index (χ2n) is 19.7. The van der Waals surface area contributed by atoms with Gasteiger partial charge in [-0.1, -0.05) is 24.3 Å². The van der Waals surface area contributed by atoms with Crippen molar-refractivity contribution in [2.24, 2.45) is 7.05 Å². The van der Waals surface area contributed by atoms with Gasteiger partial charge < -0.3 is 28.7 Å². The second-order valence-corrected chi connectivity index (χ2v) is 19.7. The molecule has 5 aliphatic rings. The van der Waals surface area contributed by atoms with Gasteiger partial charge in [0.1, 0.15) is 18.2 Å². The smallest absolute Gasteiger partial charge is 0.379 e. The Morgan fingerprint density at radius 1 is 0.875 bits per heavy atom. The number of alkyl halides is 3. The number of anilines is 1. The number of amides is 4. The number of halogens is 3. The summed E-state index contributed by atoms with van der Waals surface area (Å²) in [5.41, 5.74) is 3.46. The number of imide groups is 1. The van der Waals surface area contributed by atoms with E-state index < -0.39 is 34.8 Å². The summed E-state index contributed by atoms with van der Waals surface area (Å²) in [6.45, 7) is 5.21. The van der Waals surface area contributed by atoms with Crippen molar-refractivity contribution in [2.45, 2.75) is 75.5 Å². The van der Waals surface area contributed by atoms with Crippen molar-refractivity contribution < 1.29 is 41.8 Å². The molecule has 4 fully saturated rings. The Bertz CT molecular complexity index is 3150. The number of hydrogen-bond acceptors (Lipinski definition) is 11. The van der Waals surface area contributed by atoms with Crippen LogP contribution in [0.4, 0.5) is 18.9 Å². The number of nitrogens with one attached hydrogen (secondary N) is 1. The molecule has 8 heterocycles. The number of hydrogen-bond donors (Lipinski definition) is 1. The van der Waals surface area contributed by atoms with E-state index in [2.05, 4.69) is 25.3 Å². The largest absolute Gasteiger partial charge is 0.418 e. The third kappa shape index (κ3) is 9.06. The number of ether oxygens (including phenoxy) is 2. The SMILES string of the molecule is Cn1cnnc1CC1(c2cccc(-n3cc4c(C(F)(F)F)cc(CN5CCC(OCc6ccc(C(=O)N7CCN(c8ccc9c(c8)CN([C@@H]8CCC(=O)NC8=O)C9=O)CC7)cc6)CC5)cn4c3=O)c2)COC1. The molecule has 5 aliphatic heterocycles. The summed E-state index contributed by atoms with van der Waals surface area (Å²) in [4.78, 5) is 72.4. The highest BCUT2D eigenvalue weighted by molar-refractivity contribution is 6.05. The molecule has 1 N–H and O–H groups in total. The van der Waals surface area contributed by atoms with E-state index in [-0.39, 0.29) is 42.3 Å². The molecule has 0 aliphatic carbocycles. The van der Waals surface area contributed by atoms with Crippen molar-refractivity contribution in [1.82, 2.24) is 43.7 Å². The number of nitrogens with zero attached hydrogens (tertiary/aromatic N) is 9. The Morgan fingerprint density at radius 3 is 2.35 bits per heavy atom. The lowest BCUT2D eigenvalue weighted by Gasteiger charge is -2.41. The molecule has 4 saturated heterocycles. The highest BCUT2D eigenvalue weighted by atomic mass is 19.4. The number of benzene rings is 3. The topological polar surface area (TPSA) is 169 Å².